The number of fused-ring (bicyclic) bond motifs is 2. The van der Waals surface area contributed by atoms with E-state index in [2.05, 4.69) is 5.16 Å². The number of benzene rings is 1. The molecule has 4 heterocycles. The highest BCUT2D eigenvalue weighted by atomic mass is 35.5. The minimum absolute atomic E-state index is 0. The zero-order valence-electron chi connectivity index (χ0n) is 19.3. The first-order valence-electron chi connectivity index (χ1n) is 11.1. The normalized spacial score (nSPS) is 19.1. The van der Waals surface area contributed by atoms with E-state index in [0.717, 1.165) is 92.9 Å². The summed E-state index contributed by atoms with van der Waals surface area (Å²) >= 11 is 0. The molecule has 2 aliphatic heterocycles. The van der Waals surface area contributed by atoms with E-state index in [1.165, 1.54) is 17.0 Å². The summed E-state index contributed by atoms with van der Waals surface area (Å²) < 4.78 is 20.6. The van der Waals surface area contributed by atoms with Crippen LogP contribution in [0.3, 0.4) is 0 Å². The third kappa shape index (κ3) is 5.64. The predicted molar refractivity (Wildman–Crippen MR) is 122 cm³/mol. The van der Waals surface area contributed by atoms with E-state index in [1.54, 1.807) is 6.07 Å². The second-order valence-corrected chi connectivity index (χ2v) is 8.74. The first-order chi connectivity index (χ1) is 14.6. The van der Waals surface area contributed by atoms with E-state index >= 15 is 0 Å². The van der Waals surface area contributed by atoms with Gasteiger partial charge in [-0.15, -0.1) is 0 Å². The van der Waals surface area contributed by atoms with Gasteiger partial charge >= 0.3 is 0 Å². The Morgan fingerprint density at radius 1 is 1.18 bits per heavy atom. The summed E-state index contributed by atoms with van der Waals surface area (Å²) in [5, 5.41) is 5.16. The number of hydrogen-bond acceptors (Lipinski definition) is 4. The molecule has 0 bridgehead atoms. The van der Waals surface area contributed by atoms with Gasteiger partial charge < -0.3 is 38.3 Å². The van der Waals surface area contributed by atoms with E-state index in [0.29, 0.717) is 11.5 Å². The van der Waals surface area contributed by atoms with E-state index in [1.807, 2.05) is 11.5 Å². The first-order valence-corrected chi connectivity index (χ1v) is 11.1. The Labute approximate surface area is 203 Å². The lowest BCUT2D eigenvalue weighted by Gasteiger charge is -2.28. The topological polar surface area (TPSA) is 160 Å². The molecular weight excluding hydrogens is 467 g/mol. The number of halogens is 2. The molecule has 0 radical (unpaired) electrons. The van der Waals surface area contributed by atoms with Crippen LogP contribution in [-0.2, 0) is 19.4 Å². The van der Waals surface area contributed by atoms with Crippen LogP contribution in [0.25, 0.3) is 11.0 Å². The summed E-state index contributed by atoms with van der Waals surface area (Å²) in [5.74, 6) is 1.01. The molecule has 2 aromatic heterocycles. The van der Waals surface area contributed by atoms with Crippen LogP contribution in [0.1, 0.15) is 54.4 Å². The Balaban J connectivity index is 0.00000144. The molecule has 0 spiro atoms. The third-order valence-electron chi connectivity index (χ3n) is 6.85. The molecule has 0 amide bonds. The lowest BCUT2D eigenvalue weighted by atomic mass is 9.91. The van der Waals surface area contributed by atoms with Gasteiger partial charge in [0.15, 0.2) is 5.58 Å². The Morgan fingerprint density at radius 3 is 2.65 bits per heavy atom. The average Bonchev–Trinajstić information content (AvgIpc) is 3.17. The predicted octanol–water partition coefficient (Wildman–Crippen LogP) is -3.30. The summed E-state index contributed by atoms with van der Waals surface area (Å²) in [4.78, 5) is 19.2. The molecular formula is C23H34ClFN4O5. The van der Waals surface area contributed by atoms with Gasteiger partial charge in [0.05, 0.1) is 25.3 Å². The number of hydrogen-bond donors (Lipinski definition) is 1. The summed E-state index contributed by atoms with van der Waals surface area (Å²) in [5.41, 5.74) is 3.45. The number of rotatable bonds is 4. The van der Waals surface area contributed by atoms with Gasteiger partial charge in [-0.25, -0.2) is 9.37 Å². The SMILES string of the molecule is Cc1nc2n(c(=O)c1CC[NH+]1CCC(c3noc4cc(F)ccc34)CC1)CCCC2.O.O.O.[Cl-]. The fourth-order valence-electron chi connectivity index (χ4n) is 5.10. The summed E-state index contributed by atoms with van der Waals surface area (Å²) in [7, 11) is 0. The molecule has 1 saturated heterocycles. The van der Waals surface area contributed by atoms with Crippen molar-refractivity contribution in [3.8, 4) is 0 Å². The minimum atomic E-state index is -0.299. The van der Waals surface area contributed by atoms with Crippen molar-refractivity contribution in [2.24, 2.45) is 0 Å². The lowest BCUT2D eigenvalue weighted by Crippen LogP contribution is -3.13. The molecule has 5 rings (SSSR count). The maximum Gasteiger partial charge on any atom is 0.257 e. The van der Waals surface area contributed by atoms with E-state index in [9.17, 15) is 9.18 Å². The van der Waals surface area contributed by atoms with Crippen molar-refractivity contribution in [2.45, 2.75) is 57.9 Å². The fourth-order valence-corrected chi connectivity index (χ4v) is 5.10. The molecule has 1 aromatic carbocycles. The Bertz CT molecular complexity index is 1140. The highest BCUT2D eigenvalue weighted by Gasteiger charge is 2.28. The van der Waals surface area contributed by atoms with Gasteiger partial charge in [0.25, 0.3) is 5.56 Å². The van der Waals surface area contributed by atoms with Gasteiger partial charge in [-0.05, 0) is 31.9 Å². The van der Waals surface area contributed by atoms with Crippen LogP contribution < -0.4 is 22.9 Å². The van der Waals surface area contributed by atoms with E-state index in [-0.39, 0.29) is 40.2 Å². The largest absolute Gasteiger partial charge is 1.00 e. The van der Waals surface area contributed by atoms with Crippen molar-refractivity contribution in [1.82, 2.24) is 14.7 Å². The number of nitrogens with zero attached hydrogens (tertiary/aromatic N) is 3. The quantitative estimate of drug-likeness (QED) is 0.397. The van der Waals surface area contributed by atoms with Crippen molar-refractivity contribution in [3.63, 3.8) is 0 Å². The van der Waals surface area contributed by atoms with Crippen molar-refractivity contribution in [3.05, 3.63) is 57.1 Å². The highest BCUT2D eigenvalue weighted by molar-refractivity contribution is 5.79. The first kappa shape index (κ1) is 29.7. The highest BCUT2D eigenvalue weighted by Crippen LogP contribution is 2.30. The van der Waals surface area contributed by atoms with Gasteiger partial charge in [-0.3, -0.25) is 9.36 Å². The number of piperidine rings is 1. The van der Waals surface area contributed by atoms with Crippen LogP contribution >= 0.6 is 0 Å². The standard InChI is InChI=1S/C23H27FN4O2.ClH.3H2O/c1-15-18(23(29)28-10-3-2-4-21(28)25-15)9-13-27-11-7-16(8-12-27)22-19-6-5-17(24)14-20(19)30-26-22;;;;/h5-6,14,16H,2-4,7-13H2,1H3;1H;3*1H2. The Hall–Kier alpha value is -2.37. The number of aryl methyl sites for hydroxylation is 2. The molecule has 1 fully saturated rings. The zero-order valence-corrected chi connectivity index (χ0v) is 20.1. The van der Waals surface area contributed by atoms with Crippen molar-refractivity contribution >= 4 is 11.0 Å². The summed E-state index contributed by atoms with van der Waals surface area (Å²) in [6.45, 7) is 5.82. The zero-order chi connectivity index (χ0) is 20.7. The molecule has 34 heavy (non-hydrogen) atoms. The van der Waals surface area contributed by atoms with Gasteiger partial charge in [0.2, 0.25) is 0 Å². The molecule has 9 nitrogen and oxygen atoms in total. The van der Waals surface area contributed by atoms with Crippen LogP contribution in [0.4, 0.5) is 4.39 Å². The Kier molecular flexibility index (Phi) is 10.8. The van der Waals surface area contributed by atoms with Crippen LogP contribution in [0.5, 0.6) is 0 Å². The second-order valence-electron chi connectivity index (χ2n) is 8.74. The molecule has 7 N–H and O–H groups in total. The molecule has 11 heteroatoms. The van der Waals surface area contributed by atoms with Gasteiger partial charge in [0.1, 0.15) is 11.6 Å². The molecule has 2 aliphatic rings. The molecule has 0 atom stereocenters. The maximum absolute atomic E-state index is 13.4. The third-order valence-corrected chi connectivity index (χ3v) is 6.85. The second kappa shape index (κ2) is 12.4. The lowest BCUT2D eigenvalue weighted by molar-refractivity contribution is -0.905. The number of aromatic nitrogens is 3. The van der Waals surface area contributed by atoms with Crippen LogP contribution in [0, 0.1) is 12.7 Å². The van der Waals surface area contributed by atoms with E-state index < -0.39 is 0 Å². The fraction of sp³-hybridized carbons (Fsp3) is 0.522. The van der Waals surface area contributed by atoms with Crippen molar-refractivity contribution in [2.75, 3.05) is 19.6 Å². The smallest absolute Gasteiger partial charge is 0.257 e. The van der Waals surface area contributed by atoms with E-state index in [4.69, 9.17) is 9.51 Å². The van der Waals surface area contributed by atoms with Crippen LogP contribution in [0.2, 0.25) is 0 Å². The van der Waals surface area contributed by atoms with Crippen molar-refractivity contribution < 1.29 is 42.6 Å². The number of likely N-dealkylation sites (tertiary alicyclic amines) is 1. The maximum atomic E-state index is 13.4. The van der Waals surface area contributed by atoms with Crippen molar-refractivity contribution in [1.29, 1.82) is 0 Å². The molecule has 3 aromatic rings. The molecule has 190 valence electrons. The molecule has 0 saturated carbocycles. The van der Waals surface area contributed by atoms with Gasteiger partial charge in [-0.1, -0.05) is 5.16 Å². The number of quaternary nitrogens is 1. The number of nitrogens with one attached hydrogen (secondary N) is 1. The molecule has 0 aliphatic carbocycles. The summed E-state index contributed by atoms with van der Waals surface area (Å²) in [6, 6.07) is 4.64. The van der Waals surface area contributed by atoms with Gasteiger partial charge in [-0.2, -0.15) is 0 Å². The summed E-state index contributed by atoms with van der Waals surface area (Å²) in [6.07, 6.45) is 5.94. The minimum Gasteiger partial charge on any atom is -1.00 e. The molecule has 0 unspecified atom stereocenters. The average molecular weight is 501 g/mol. The van der Waals surface area contributed by atoms with Crippen LogP contribution in [0.15, 0.2) is 27.5 Å². The Morgan fingerprint density at radius 2 is 1.91 bits per heavy atom. The monoisotopic (exact) mass is 500 g/mol. The van der Waals surface area contributed by atoms with Gasteiger partial charge in [0, 0.05) is 60.9 Å². The van der Waals surface area contributed by atoms with Crippen LogP contribution in [-0.4, -0.2) is 50.8 Å².